The summed E-state index contributed by atoms with van der Waals surface area (Å²) in [6.45, 7) is 0.211. The van der Waals surface area contributed by atoms with Crippen molar-refractivity contribution in [3.63, 3.8) is 0 Å². The van der Waals surface area contributed by atoms with Gasteiger partial charge in [-0.2, -0.15) is 0 Å². The molecule has 0 aliphatic carbocycles. The maximum absolute atomic E-state index is 11.9. The Hall–Kier alpha value is -2.95. The average molecular weight is 297 g/mol. The molecule has 5 heteroatoms. The summed E-state index contributed by atoms with van der Waals surface area (Å²) in [4.78, 5) is 11.9. The third kappa shape index (κ3) is 3.20. The second-order valence-electron chi connectivity index (χ2n) is 4.67. The highest BCUT2D eigenvalue weighted by molar-refractivity contribution is 6.02. The van der Waals surface area contributed by atoms with Crippen molar-refractivity contribution in [1.29, 1.82) is 0 Å². The van der Waals surface area contributed by atoms with Gasteiger partial charge in [-0.3, -0.25) is 4.79 Å². The minimum atomic E-state index is -0.221. The minimum absolute atomic E-state index is 0.211. The van der Waals surface area contributed by atoms with E-state index in [9.17, 15) is 4.79 Å². The summed E-state index contributed by atoms with van der Waals surface area (Å²) in [5, 5.41) is 2.78. The Labute approximate surface area is 128 Å². The SMILES string of the molecule is COc1cccc(C=CC(=O)Nc2ccc3c(c2)OCO3)c1. The lowest BCUT2D eigenvalue weighted by Gasteiger charge is -2.03. The number of methoxy groups -OCH3 is 1. The molecule has 1 aliphatic rings. The van der Waals surface area contributed by atoms with Gasteiger partial charge in [0.1, 0.15) is 5.75 Å². The van der Waals surface area contributed by atoms with Crippen molar-refractivity contribution in [3.8, 4) is 17.2 Å². The summed E-state index contributed by atoms with van der Waals surface area (Å²) in [7, 11) is 1.61. The summed E-state index contributed by atoms with van der Waals surface area (Å²) in [5.74, 6) is 1.85. The lowest BCUT2D eigenvalue weighted by molar-refractivity contribution is -0.111. The summed E-state index contributed by atoms with van der Waals surface area (Å²) in [6, 6.07) is 12.7. The highest BCUT2D eigenvalue weighted by Gasteiger charge is 2.13. The Bertz CT molecular complexity index is 724. The van der Waals surface area contributed by atoms with Crippen molar-refractivity contribution < 1.29 is 19.0 Å². The Kier molecular flexibility index (Phi) is 3.96. The maximum Gasteiger partial charge on any atom is 0.248 e. The number of ether oxygens (including phenoxy) is 3. The molecule has 1 amide bonds. The van der Waals surface area contributed by atoms with Crippen molar-refractivity contribution in [2.24, 2.45) is 0 Å². The molecule has 5 nitrogen and oxygen atoms in total. The van der Waals surface area contributed by atoms with Crippen LogP contribution in [0.4, 0.5) is 5.69 Å². The molecule has 22 heavy (non-hydrogen) atoms. The number of fused-ring (bicyclic) bond motifs is 1. The van der Waals surface area contributed by atoms with Gasteiger partial charge in [-0.25, -0.2) is 0 Å². The maximum atomic E-state index is 11.9. The van der Waals surface area contributed by atoms with Crippen LogP contribution in [0.2, 0.25) is 0 Å². The van der Waals surface area contributed by atoms with E-state index in [2.05, 4.69) is 5.32 Å². The van der Waals surface area contributed by atoms with E-state index >= 15 is 0 Å². The van der Waals surface area contributed by atoms with Crippen LogP contribution < -0.4 is 19.5 Å². The fourth-order valence-electron chi connectivity index (χ4n) is 2.08. The van der Waals surface area contributed by atoms with Gasteiger partial charge in [-0.15, -0.1) is 0 Å². The third-order valence-electron chi connectivity index (χ3n) is 3.16. The molecule has 0 unspecified atom stereocenters. The molecule has 1 aliphatic heterocycles. The molecule has 0 spiro atoms. The van der Waals surface area contributed by atoms with Gasteiger partial charge in [0.15, 0.2) is 11.5 Å². The standard InChI is InChI=1S/C17H15NO4/c1-20-14-4-2-3-12(9-14)5-8-17(19)18-13-6-7-15-16(10-13)22-11-21-15/h2-10H,11H2,1H3,(H,18,19). The van der Waals surface area contributed by atoms with Crippen LogP contribution in [0.15, 0.2) is 48.5 Å². The highest BCUT2D eigenvalue weighted by atomic mass is 16.7. The zero-order chi connectivity index (χ0) is 15.4. The van der Waals surface area contributed by atoms with Crippen molar-refractivity contribution in [2.45, 2.75) is 0 Å². The topological polar surface area (TPSA) is 56.8 Å². The Morgan fingerprint density at radius 1 is 1.18 bits per heavy atom. The number of hydrogen-bond donors (Lipinski definition) is 1. The molecule has 1 N–H and O–H groups in total. The molecule has 0 radical (unpaired) electrons. The predicted molar refractivity (Wildman–Crippen MR) is 83.2 cm³/mol. The Morgan fingerprint density at radius 3 is 2.91 bits per heavy atom. The van der Waals surface area contributed by atoms with Gasteiger partial charge >= 0.3 is 0 Å². The molecule has 1 heterocycles. The number of benzene rings is 2. The fraction of sp³-hybridized carbons (Fsp3) is 0.118. The monoisotopic (exact) mass is 297 g/mol. The van der Waals surface area contributed by atoms with Gasteiger partial charge in [-0.1, -0.05) is 12.1 Å². The first kappa shape index (κ1) is 14.0. The normalized spacial score (nSPS) is 12.4. The number of anilines is 1. The van der Waals surface area contributed by atoms with E-state index in [0.717, 1.165) is 11.3 Å². The molecular formula is C17H15NO4. The molecule has 0 atom stereocenters. The number of nitrogens with one attached hydrogen (secondary N) is 1. The summed E-state index contributed by atoms with van der Waals surface area (Å²) >= 11 is 0. The number of carbonyl (C=O) groups is 1. The summed E-state index contributed by atoms with van der Waals surface area (Å²) in [5.41, 5.74) is 1.55. The molecule has 0 aromatic heterocycles. The van der Waals surface area contributed by atoms with Crippen LogP contribution in [-0.4, -0.2) is 19.8 Å². The minimum Gasteiger partial charge on any atom is -0.497 e. The molecule has 2 aromatic carbocycles. The van der Waals surface area contributed by atoms with E-state index in [1.54, 1.807) is 31.4 Å². The molecule has 0 fully saturated rings. The summed E-state index contributed by atoms with van der Waals surface area (Å²) < 4.78 is 15.6. The van der Waals surface area contributed by atoms with Crippen LogP contribution in [-0.2, 0) is 4.79 Å². The van der Waals surface area contributed by atoms with E-state index in [0.29, 0.717) is 17.2 Å². The Balaban J connectivity index is 1.65. The van der Waals surface area contributed by atoms with E-state index in [1.807, 2.05) is 24.3 Å². The van der Waals surface area contributed by atoms with Crippen LogP contribution in [0.25, 0.3) is 6.08 Å². The van der Waals surface area contributed by atoms with Crippen LogP contribution in [0.1, 0.15) is 5.56 Å². The first-order valence-electron chi connectivity index (χ1n) is 6.77. The molecular weight excluding hydrogens is 282 g/mol. The quantitative estimate of drug-likeness (QED) is 0.881. The zero-order valence-electron chi connectivity index (χ0n) is 12.0. The van der Waals surface area contributed by atoms with Crippen LogP contribution in [0.5, 0.6) is 17.2 Å². The van der Waals surface area contributed by atoms with Crippen LogP contribution >= 0.6 is 0 Å². The first-order valence-corrected chi connectivity index (χ1v) is 6.77. The van der Waals surface area contributed by atoms with Gasteiger partial charge < -0.3 is 19.5 Å². The van der Waals surface area contributed by atoms with E-state index in [-0.39, 0.29) is 12.7 Å². The lowest BCUT2D eigenvalue weighted by Crippen LogP contribution is -2.07. The number of rotatable bonds is 4. The number of carbonyl (C=O) groups excluding carboxylic acids is 1. The molecule has 3 rings (SSSR count). The number of hydrogen-bond acceptors (Lipinski definition) is 4. The zero-order valence-corrected chi connectivity index (χ0v) is 12.0. The fourth-order valence-corrected chi connectivity index (χ4v) is 2.08. The van der Waals surface area contributed by atoms with E-state index < -0.39 is 0 Å². The molecule has 0 saturated heterocycles. The van der Waals surface area contributed by atoms with Gasteiger partial charge in [0, 0.05) is 17.8 Å². The smallest absolute Gasteiger partial charge is 0.248 e. The highest BCUT2D eigenvalue weighted by Crippen LogP contribution is 2.34. The van der Waals surface area contributed by atoms with Gasteiger partial charge in [0.25, 0.3) is 0 Å². The van der Waals surface area contributed by atoms with Crippen molar-refractivity contribution in [1.82, 2.24) is 0 Å². The molecule has 112 valence electrons. The second-order valence-corrected chi connectivity index (χ2v) is 4.67. The van der Waals surface area contributed by atoms with Crippen LogP contribution in [0.3, 0.4) is 0 Å². The van der Waals surface area contributed by atoms with Gasteiger partial charge in [0.2, 0.25) is 12.7 Å². The second kappa shape index (κ2) is 6.22. The van der Waals surface area contributed by atoms with Crippen LogP contribution in [0, 0.1) is 0 Å². The van der Waals surface area contributed by atoms with Gasteiger partial charge in [-0.05, 0) is 35.9 Å². The Morgan fingerprint density at radius 2 is 2.05 bits per heavy atom. The molecule has 2 aromatic rings. The van der Waals surface area contributed by atoms with E-state index in [4.69, 9.17) is 14.2 Å². The molecule has 0 saturated carbocycles. The van der Waals surface area contributed by atoms with Crippen molar-refractivity contribution in [2.75, 3.05) is 19.2 Å². The van der Waals surface area contributed by atoms with Crippen molar-refractivity contribution in [3.05, 3.63) is 54.1 Å². The average Bonchev–Trinajstić information content (AvgIpc) is 3.01. The lowest BCUT2D eigenvalue weighted by atomic mass is 10.2. The predicted octanol–water partition coefficient (Wildman–Crippen LogP) is 3.08. The number of amides is 1. The summed E-state index contributed by atoms with van der Waals surface area (Å²) in [6.07, 6.45) is 3.20. The third-order valence-corrected chi connectivity index (χ3v) is 3.16. The van der Waals surface area contributed by atoms with E-state index in [1.165, 1.54) is 6.08 Å². The molecule has 0 bridgehead atoms. The largest absolute Gasteiger partial charge is 0.497 e. The van der Waals surface area contributed by atoms with Crippen molar-refractivity contribution >= 4 is 17.7 Å². The van der Waals surface area contributed by atoms with Gasteiger partial charge in [0.05, 0.1) is 7.11 Å². The first-order chi connectivity index (χ1) is 10.7.